The Morgan fingerprint density at radius 1 is 0.288 bits per heavy atom. The van der Waals surface area contributed by atoms with Gasteiger partial charge in [0.1, 0.15) is 0 Å². The molecule has 0 radical (unpaired) electrons. The first kappa shape index (κ1) is 33.3. The summed E-state index contributed by atoms with van der Waals surface area (Å²) < 4.78 is 4.82. The maximum atomic E-state index is 2.51. The summed E-state index contributed by atoms with van der Waals surface area (Å²) in [6, 6.07) is 81.8. The highest BCUT2D eigenvalue weighted by Crippen LogP contribution is 2.49. The van der Waals surface area contributed by atoms with E-state index >= 15 is 0 Å². The lowest BCUT2D eigenvalue weighted by atomic mass is 9.92. The lowest BCUT2D eigenvalue weighted by molar-refractivity contribution is 1.17. The van der Waals surface area contributed by atoms with E-state index in [0.29, 0.717) is 0 Å². The average Bonchev–Trinajstić information content (AvgIpc) is 3.83. The minimum atomic E-state index is 1.08. The average molecular weight is 752 g/mol. The highest BCUT2D eigenvalue weighted by Gasteiger charge is 2.25. The van der Waals surface area contributed by atoms with Gasteiger partial charge in [-0.1, -0.05) is 152 Å². The smallest absolute Gasteiger partial charge is 0.0562 e. The minimum absolute atomic E-state index is 1.08. The second-order valence-corrected chi connectivity index (χ2v) is 15.3. The van der Waals surface area contributed by atoms with Gasteiger partial charge in [-0.05, 0) is 99.9 Å². The summed E-state index contributed by atoms with van der Waals surface area (Å²) in [7, 11) is 0. The molecule has 0 N–H and O–H groups in total. The molecule has 0 fully saturated rings. The number of aromatic nitrogens is 2. The zero-order chi connectivity index (χ0) is 38.9. The molecule has 3 nitrogen and oxygen atoms in total. The van der Waals surface area contributed by atoms with Crippen molar-refractivity contribution in [2.45, 2.75) is 0 Å². The molecule has 12 aromatic rings. The first-order valence-electron chi connectivity index (χ1n) is 20.3. The van der Waals surface area contributed by atoms with Crippen molar-refractivity contribution >= 4 is 82.2 Å². The van der Waals surface area contributed by atoms with Crippen LogP contribution < -0.4 is 4.90 Å². The van der Waals surface area contributed by atoms with Gasteiger partial charge in [-0.15, -0.1) is 0 Å². The van der Waals surface area contributed by atoms with Gasteiger partial charge in [0, 0.05) is 44.2 Å². The van der Waals surface area contributed by atoms with E-state index in [1.807, 2.05) is 0 Å². The van der Waals surface area contributed by atoms with Gasteiger partial charge < -0.3 is 14.0 Å². The molecule has 12 rings (SSSR count). The Balaban J connectivity index is 1.21. The molecule has 276 valence electrons. The summed E-state index contributed by atoms with van der Waals surface area (Å²) in [4.78, 5) is 2.51. The lowest BCUT2D eigenvalue weighted by Gasteiger charge is -2.29. The van der Waals surface area contributed by atoms with Crippen LogP contribution in [0.25, 0.3) is 87.7 Å². The largest absolute Gasteiger partial charge is 0.309 e. The normalized spacial score (nSPS) is 11.7. The van der Waals surface area contributed by atoms with Gasteiger partial charge >= 0.3 is 0 Å². The Hall–Kier alpha value is -7.88. The Bertz CT molecular complexity index is 3560. The van der Waals surface area contributed by atoms with Crippen LogP contribution in [0.5, 0.6) is 0 Å². The molecule has 0 aliphatic rings. The number of fused-ring (bicyclic) bond motifs is 9. The van der Waals surface area contributed by atoms with Gasteiger partial charge in [-0.25, -0.2) is 0 Å². The maximum absolute atomic E-state index is 2.51. The third-order valence-electron chi connectivity index (χ3n) is 12.1. The van der Waals surface area contributed by atoms with Gasteiger partial charge in [0.15, 0.2) is 0 Å². The third-order valence-corrected chi connectivity index (χ3v) is 12.1. The Kier molecular flexibility index (Phi) is 7.54. The Morgan fingerprint density at radius 3 is 1.58 bits per heavy atom. The summed E-state index contributed by atoms with van der Waals surface area (Å²) in [5.41, 5.74) is 12.6. The van der Waals surface area contributed by atoms with Crippen LogP contribution in [0.4, 0.5) is 17.1 Å². The molecule has 0 aliphatic carbocycles. The molecule has 0 saturated heterocycles. The van der Waals surface area contributed by atoms with E-state index in [9.17, 15) is 0 Å². The summed E-state index contributed by atoms with van der Waals surface area (Å²) in [6.45, 7) is 0. The van der Waals surface area contributed by atoms with Crippen molar-refractivity contribution in [1.29, 1.82) is 0 Å². The first-order chi connectivity index (χ1) is 29.3. The third kappa shape index (κ3) is 5.15. The number of nitrogens with zero attached hydrogens (tertiary/aromatic N) is 3. The van der Waals surface area contributed by atoms with Crippen molar-refractivity contribution < 1.29 is 0 Å². The molecule has 0 atom stereocenters. The fourth-order valence-corrected chi connectivity index (χ4v) is 9.58. The maximum Gasteiger partial charge on any atom is 0.0562 e. The molecule has 0 saturated carbocycles. The van der Waals surface area contributed by atoms with Crippen molar-refractivity contribution in [3.63, 3.8) is 0 Å². The number of rotatable bonds is 6. The van der Waals surface area contributed by atoms with Crippen LogP contribution in [-0.4, -0.2) is 9.13 Å². The van der Waals surface area contributed by atoms with Gasteiger partial charge in [0.25, 0.3) is 0 Å². The molecule has 2 heterocycles. The van der Waals surface area contributed by atoms with Crippen LogP contribution in [-0.2, 0) is 0 Å². The number of para-hydroxylation sites is 5. The molecule has 10 aromatic carbocycles. The fourth-order valence-electron chi connectivity index (χ4n) is 9.58. The molecule has 0 aliphatic heterocycles. The van der Waals surface area contributed by atoms with E-state index in [2.05, 4.69) is 238 Å². The Morgan fingerprint density at radius 2 is 0.814 bits per heavy atom. The van der Waals surface area contributed by atoms with E-state index < -0.39 is 0 Å². The van der Waals surface area contributed by atoms with Gasteiger partial charge in [-0.3, -0.25) is 0 Å². The second-order valence-electron chi connectivity index (χ2n) is 15.3. The molecule has 59 heavy (non-hydrogen) atoms. The van der Waals surface area contributed by atoms with Crippen LogP contribution in [0.1, 0.15) is 0 Å². The lowest BCUT2D eigenvalue weighted by Crippen LogP contribution is -2.12. The summed E-state index contributed by atoms with van der Waals surface area (Å²) >= 11 is 0. The first-order valence-corrected chi connectivity index (χ1v) is 20.3. The quantitative estimate of drug-likeness (QED) is 0.154. The van der Waals surface area contributed by atoms with Crippen LogP contribution in [0.2, 0.25) is 0 Å². The molecule has 0 unspecified atom stereocenters. The van der Waals surface area contributed by atoms with Crippen molar-refractivity contribution in [2.24, 2.45) is 0 Å². The number of hydrogen-bond donors (Lipinski definition) is 0. The van der Waals surface area contributed by atoms with Gasteiger partial charge in [0.2, 0.25) is 0 Å². The van der Waals surface area contributed by atoms with E-state index in [1.54, 1.807) is 0 Å². The number of anilines is 3. The van der Waals surface area contributed by atoms with Crippen LogP contribution in [0, 0.1) is 0 Å². The van der Waals surface area contributed by atoms with Gasteiger partial charge in [0.05, 0.1) is 33.4 Å². The SMILES string of the molecule is c1ccc(-n2c3ccccc3c3ccc(N(c4ccccc4-c4cc5ccccc5c5ccccc45)c4cccc5c4c4ccccc4n5-c4ccccc4)cc32)cc1. The summed E-state index contributed by atoms with van der Waals surface area (Å²) in [6.07, 6.45) is 0. The number of benzene rings is 10. The highest BCUT2D eigenvalue weighted by molar-refractivity contribution is 6.19. The van der Waals surface area contributed by atoms with Crippen molar-refractivity contribution in [2.75, 3.05) is 4.90 Å². The van der Waals surface area contributed by atoms with Gasteiger partial charge in [-0.2, -0.15) is 0 Å². The van der Waals surface area contributed by atoms with Crippen molar-refractivity contribution in [3.05, 3.63) is 224 Å². The van der Waals surface area contributed by atoms with Crippen molar-refractivity contribution in [1.82, 2.24) is 9.13 Å². The summed E-state index contributed by atoms with van der Waals surface area (Å²) in [5, 5.41) is 9.85. The van der Waals surface area contributed by atoms with Crippen LogP contribution in [0.15, 0.2) is 224 Å². The van der Waals surface area contributed by atoms with Crippen LogP contribution in [0.3, 0.4) is 0 Å². The van der Waals surface area contributed by atoms with Crippen molar-refractivity contribution in [3.8, 4) is 22.5 Å². The standard InChI is InChI=1S/C56H37N3/c1-3-19-39(20-4-1)57-52-31-16-13-28-48(52)56-53(57)32-17-33-54(56)59(41-34-35-47-45-26-11-14-29-50(45)58(55(47)37-41)40-21-5-2-6-22-40)51-30-15-12-27-46(51)49-36-38-18-7-8-23-42(38)43-24-9-10-25-44(43)49/h1-37H. The molecule has 0 amide bonds. The molecule has 3 heteroatoms. The molecule has 2 aromatic heterocycles. The minimum Gasteiger partial charge on any atom is -0.309 e. The van der Waals surface area contributed by atoms with E-state index in [0.717, 1.165) is 39.5 Å². The molecule has 0 bridgehead atoms. The highest BCUT2D eigenvalue weighted by atomic mass is 15.2. The van der Waals surface area contributed by atoms with Crippen LogP contribution >= 0.6 is 0 Å². The predicted molar refractivity (Wildman–Crippen MR) is 250 cm³/mol. The van der Waals surface area contributed by atoms with E-state index in [4.69, 9.17) is 0 Å². The topological polar surface area (TPSA) is 13.1 Å². The monoisotopic (exact) mass is 751 g/mol. The van der Waals surface area contributed by atoms with E-state index in [-0.39, 0.29) is 0 Å². The number of hydrogen-bond acceptors (Lipinski definition) is 1. The second kappa shape index (κ2) is 13.4. The molecular weight excluding hydrogens is 715 g/mol. The predicted octanol–water partition coefficient (Wildman–Crippen LogP) is 15.3. The Labute approximate surface area is 341 Å². The summed E-state index contributed by atoms with van der Waals surface area (Å²) in [5.74, 6) is 0. The molecule has 0 spiro atoms. The fraction of sp³-hybridized carbons (Fsp3) is 0. The van der Waals surface area contributed by atoms with E-state index in [1.165, 1.54) is 65.3 Å². The molecular formula is C56H37N3. The zero-order valence-electron chi connectivity index (χ0n) is 32.2. The zero-order valence-corrected chi connectivity index (χ0v) is 32.2.